The molecule has 0 rings (SSSR count). The zero-order valence-corrected chi connectivity index (χ0v) is 5.90. The lowest BCUT2D eigenvalue weighted by atomic mass is 10.3. The number of hydrogen-bond acceptors (Lipinski definition) is 2. The van der Waals surface area contributed by atoms with E-state index >= 15 is 0 Å². The standard InChI is InChI=1S/C7H8OS/c1-6(5-8)3-4-7(2)9/h3-5,9H,1-2H2/b4-3-. The second-order valence-corrected chi connectivity index (χ2v) is 2.09. The van der Waals surface area contributed by atoms with Crippen LogP contribution in [0, 0.1) is 0 Å². The smallest absolute Gasteiger partial charge is 0.149 e. The summed E-state index contributed by atoms with van der Waals surface area (Å²) >= 11 is 3.87. The van der Waals surface area contributed by atoms with E-state index < -0.39 is 0 Å². The molecule has 0 N–H and O–H groups in total. The van der Waals surface area contributed by atoms with Crippen LogP contribution in [0.2, 0.25) is 0 Å². The van der Waals surface area contributed by atoms with Gasteiger partial charge in [-0.3, -0.25) is 4.79 Å². The fraction of sp³-hybridized carbons (Fsp3) is 0. The Morgan fingerprint density at radius 2 is 1.89 bits per heavy atom. The highest BCUT2D eigenvalue weighted by Gasteiger charge is 1.79. The van der Waals surface area contributed by atoms with E-state index in [1.807, 2.05) is 0 Å². The molecule has 0 spiro atoms. The molecule has 9 heavy (non-hydrogen) atoms. The predicted octanol–water partition coefficient (Wildman–Crippen LogP) is 1.74. The molecule has 0 radical (unpaired) electrons. The van der Waals surface area contributed by atoms with E-state index in [-0.39, 0.29) is 0 Å². The van der Waals surface area contributed by atoms with Crippen molar-refractivity contribution in [3.05, 3.63) is 35.8 Å². The number of allylic oxidation sites excluding steroid dienone is 3. The van der Waals surface area contributed by atoms with Crippen LogP contribution in [0.15, 0.2) is 35.8 Å². The molecule has 1 nitrogen and oxygen atoms in total. The minimum Gasteiger partial charge on any atom is -0.298 e. The zero-order chi connectivity index (χ0) is 7.28. The molecule has 0 amide bonds. The van der Waals surface area contributed by atoms with Crippen molar-refractivity contribution < 1.29 is 4.79 Å². The van der Waals surface area contributed by atoms with Gasteiger partial charge in [-0.25, -0.2) is 0 Å². The van der Waals surface area contributed by atoms with Crippen LogP contribution in [0.3, 0.4) is 0 Å². The highest BCUT2D eigenvalue weighted by molar-refractivity contribution is 7.84. The number of thiol groups is 1. The maximum Gasteiger partial charge on any atom is 0.149 e. The highest BCUT2D eigenvalue weighted by Crippen LogP contribution is 1.98. The molecule has 0 aromatic rings. The summed E-state index contributed by atoms with van der Waals surface area (Å²) in [5.41, 5.74) is 0.421. The van der Waals surface area contributed by atoms with Gasteiger partial charge in [-0.1, -0.05) is 19.2 Å². The molecule has 0 aliphatic rings. The van der Waals surface area contributed by atoms with Crippen molar-refractivity contribution in [3.63, 3.8) is 0 Å². The van der Waals surface area contributed by atoms with Crippen molar-refractivity contribution in [1.29, 1.82) is 0 Å². The SMILES string of the molecule is C=C(S)/C=C\C(=C)C=O. The second kappa shape index (κ2) is 4.15. The van der Waals surface area contributed by atoms with Gasteiger partial charge in [0.1, 0.15) is 6.29 Å². The minimum atomic E-state index is 0.421. The first-order chi connectivity index (χ1) is 4.16. The number of carbonyl (C=O) groups excluding carboxylic acids is 1. The maximum absolute atomic E-state index is 9.91. The van der Waals surface area contributed by atoms with Gasteiger partial charge in [0.2, 0.25) is 0 Å². The summed E-state index contributed by atoms with van der Waals surface area (Å²) in [6.07, 6.45) is 3.84. The molecule has 0 bridgehead atoms. The van der Waals surface area contributed by atoms with E-state index in [2.05, 4.69) is 25.8 Å². The lowest BCUT2D eigenvalue weighted by Gasteiger charge is -1.82. The summed E-state index contributed by atoms with van der Waals surface area (Å²) in [6.45, 7) is 6.90. The Labute approximate surface area is 60.2 Å². The summed E-state index contributed by atoms with van der Waals surface area (Å²) in [5, 5.41) is 0. The molecule has 0 atom stereocenters. The highest BCUT2D eigenvalue weighted by atomic mass is 32.1. The molecule has 0 unspecified atom stereocenters. The Hall–Kier alpha value is -0.760. The van der Waals surface area contributed by atoms with Gasteiger partial charge in [0, 0.05) is 5.57 Å². The van der Waals surface area contributed by atoms with Crippen LogP contribution in [0.4, 0.5) is 0 Å². The molecule has 0 aliphatic carbocycles. The number of hydrogen-bond donors (Lipinski definition) is 1. The summed E-state index contributed by atoms with van der Waals surface area (Å²) in [7, 11) is 0. The van der Waals surface area contributed by atoms with Crippen molar-refractivity contribution in [3.8, 4) is 0 Å². The van der Waals surface area contributed by atoms with Crippen LogP contribution in [0.25, 0.3) is 0 Å². The van der Waals surface area contributed by atoms with Crippen LogP contribution in [0.1, 0.15) is 0 Å². The fourth-order valence-corrected chi connectivity index (χ4v) is 0.317. The Balaban J connectivity index is 3.85. The number of rotatable bonds is 3. The molecule has 0 fully saturated rings. The second-order valence-electron chi connectivity index (χ2n) is 1.52. The van der Waals surface area contributed by atoms with E-state index in [0.717, 1.165) is 0 Å². The third-order valence-electron chi connectivity index (χ3n) is 0.641. The fourth-order valence-electron chi connectivity index (χ4n) is 0.243. The Kier molecular flexibility index (Phi) is 3.80. The summed E-state index contributed by atoms with van der Waals surface area (Å²) in [4.78, 5) is 10.5. The van der Waals surface area contributed by atoms with E-state index in [4.69, 9.17) is 0 Å². The largest absolute Gasteiger partial charge is 0.298 e. The normalized spacial score (nSPS) is 9.44. The van der Waals surface area contributed by atoms with Gasteiger partial charge in [-0.2, -0.15) is 0 Å². The van der Waals surface area contributed by atoms with Crippen molar-refractivity contribution in [2.24, 2.45) is 0 Å². The molecule has 0 aromatic carbocycles. The van der Waals surface area contributed by atoms with Gasteiger partial charge in [0.05, 0.1) is 0 Å². The van der Waals surface area contributed by atoms with Crippen LogP contribution in [-0.2, 0) is 4.79 Å². The Morgan fingerprint density at radius 3 is 2.22 bits per heavy atom. The van der Waals surface area contributed by atoms with Gasteiger partial charge >= 0.3 is 0 Å². The predicted molar refractivity (Wildman–Crippen MR) is 42.5 cm³/mol. The molecular formula is C7H8OS. The first kappa shape index (κ1) is 8.24. The molecule has 0 aromatic heterocycles. The molecule has 0 saturated heterocycles. The third-order valence-corrected chi connectivity index (χ3v) is 0.790. The average molecular weight is 140 g/mol. The first-order valence-corrected chi connectivity index (χ1v) is 2.81. The van der Waals surface area contributed by atoms with Crippen LogP contribution in [0.5, 0.6) is 0 Å². The lowest BCUT2D eigenvalue weighted by Crippen LogP contribution is -1.72. The topological polar surface area (TPSA) is 17.1 Å². The molecule has 0 aliphatic heterocycles. The average Bonchev–Trinajstić information content (AvgIpc) is 1.83. The molecule has 0 saturated carbocycles. The van der Waals surface area contributed by atoms with Crippen LogP contribution in [-0.4, -0.2) is 6.29 Å². The van der Waals surface area contributed by atoms with Gasteiger partial charge in [0.25, 0.3) is 0 Å². The van der Waals surface area contributed by atoms with Gasteiger partial charge in [-0.15, -0.1) is 12.6 Å². The van der Waals surface area contributed by atoms with Gasteiger partial charge < -0.3 is 0 Å². The Bertz CT molecular complexity index is 168. The summed E-state index contributed by atoms with van der Waals surface area (Å²) in [5.74, 6) is 0. The van der Waals surface area contributed by atoms with Crippen molar-refractivity contribution in [1.82, 2.24) is 0 Å². The first-order valence-electron chi connectivity index (χ1n) is 2.37. The van der Waals surface area contributed by atoms with Crippen LogP contribution >= 0.6 is 12.6 Å². The Morgan fingerprint density at radius 1 is 1.33 bits per heavy atom. The molecular weight excluding hydrogens is 132 g/mol. The van der Waals surface area contributed by atoms with Gasteiger partial charge in [-0.05, 0) is 11.0 Å². The number of aldehydes is 1. The van der Waals surface area contributed by atoms with Crippen molar-refractivity contribution >= 4 is 18.9 Å². The molecule has 0 heterocycles. The van der Waals surface area contributed by atoms with Crippen molar-refractivity contribution in [2.45, 2.75) is 0 Å². The van der Waals surface area contributed by atoms with E-state index in [1.54, 1.807) is 12.2 Å². The van der Waals surface area contributed by atoms with Gasteiger partial charge in [0.15, 0.2) is 0 Å². The zero-order valence-electron chi connectivity index (χ0n) is 5.00. The quantitative estimate of drug-likeness (QED) is 0.273. The summed E-state index contributed by atoms with van der Waals surface area (Å²) in [6, 6.07) is 0. The minimum absolute atomic E-state index is 0.421. The molecule has 48 valence electrons. The van der Waals surface area contributed by atoms with E-state index in [1.165, 1.54) is 0 Å². The molecule has 2 heteroatoms. The third kappa shape index (κ3) is 5.11. The van der Waals surface area contributed by atoms with Crippen LogP contribution < -0.4 is 0 Å². The van der Waals surface area contributed by atoms with Crippen molar-refractivity contribution in [2.75, 3.05) is 0 Å². The van der Waals surface area contributed by atoms with E-state index in [0.29, 0.717) is 16.8 Å². The lowest BCUT2D eigenvalue weighted by molar-refractivity contribution is -0.104. The van der Waals surface area contributed by atoms with E-state index in [9.17, 15) is 4.79 Å². The summed E-state index contributed by atoms with van der Waals surface area (Å²) < 4.78 is 0. The monoisotopic (exact) mass is 140 g/mol. The maximum atomic E-state index is 9.91. The number of carbonyl (C=O) groups is 1.